The molecule has 5 rings (SSSR count). The molecule has 3 nitrogen and oxygen atoms in total. The minimum atomic E-state index is -2.92. The molecule has 34 heavy (non-hydrogen) atoms. The van der Waals surface area contributed by atoms with E-state index in [-0.39, 0.29) is 5.75 Å². The van der Waals surface area contributed by atoms with Crippen molar-refractivity contribution in [3.05, 3.63) is 131 Å². The smallest absolute Gasteiger partial charge is 0.387 e. The zero-order chi connectivity index (χ0) is 23.5. The van der Waals surface area contributed by atoms with Crippen LogP contribution in [0.15, 0.2) is 103 Å². The molecule has 0 unspecified atom stereocenters. The van der Waals surface area contributed by atoms with Gasteiger partial charge < -0.3 is 9.47 Å². The largest absolute Gasteiger partial charge is 0.493 e. The Kier molecular flexibility index (Phi) is 6.03. The number of fused-ring (bicyclic) bond motifs is 1. The third-order valence-corrected chi connectivity index (χ3v) is 6.47. The van der Waals surface area contributed by atoms with E-state index < -0.39 is 12.2 Å². The van der Waals surface area contributed by atoms with Gasteiger partial charge in [-0.25, -0.2) is 0 Å². The molecule has 1 aliphatic rings. The lowest BCUT2D eigenvalue weighted by molar-refractivity contribution is -0.0512. The van der Waals surface area contributed by atoms with Gasteiger partial charge in [0.15, 0.2) is 11.5 Å². The lowest BCUT2D eigenvalue weighted by Crippen LogP contribution is -2.45. The number of rotatable bonds is 7. The summed E-state index contributed by atoms with van der Waals surface area (Å²) in [6.45, 7) is -1.72. The minimum Gasteiger partial charge on any atom is -0.493 e. The van der Waals surface area contributed by atoms with Gasteiger partial charge in [0.2, 0.25) is 0 Å². The first-order valence-corrected chi connectivity index (χ1v) is 11.2. The summed E-state index contributed by atoms with van der Waals surface area (Å²) >= 11 is 0. The van der Waals surface area contributed by atoms with Crippen LogP contribution in [0.5, 0.6) is 11.5 Å². The van der Waals surface area contributed by atoms with E-state index in [2.05, 4.69) is 77.7 Å². The van der Waals surface area contributed by atoms with Gasteiger partial charge >= 0.3 is 6.61 Å². The molecule has 0 aromatic heterocycles. The Morgan fingerprint density at radius 3 is 1.47 bits per heavy atom. The second-order valence-electron chi connectivity index (χ2n) is 8.31. The van der Waals surface area contributed by atoms with E-state index in [1.165, 1.54) is 7.11 Å². The van der Waals surface area contributed by atoms with Crippen molar-refractivity contribution >= 4 is 0 Å². The standard InChI is InChI=1S/C29H25F2NO2/c1-33-26-17-21-19-32(20-22(21)18-27(26)34-28(30)31)29(23-11-5-2-6-12-23,24-13-7-3-8-14-24)25-15-9-4-10-16-25/h2-18,28H,19-20H2,1H3. The number of ether oxygens (including phenoxy) is 2. The summed E-state index contributed by atoms with van der Waals surface area (Å²) in [4.78, 5) is 2.39. The van der Waals surface area contributed by atoms with Crippen LogP contribution in [0.2, 0.25) is 0 Å². The molecular formula is C29H25F2NO2. The highest BCUT2D eigenvalue weighted by Crippen LogP contribution is 2.47. The van der Waals surface area contributed by atoms with Gasteiger partial charge in [0.1, 0.15) is 0 Å². The molecule has 0 spiro atoms. The van der Waals surface area contributed by atoms with Gasteiger partial charge in [-0.15, -0.1) is 0 Å². The topological polar surface area (TPSA) is 21.7 Å². The Morgan fingerprint density at radius 1 is 0.676 bits per heavy atom. The van der Waals surface area contributed by atoms with Crippen LogP contribution in [-0.4, -0.2) is 18.6 Å². The van der Waals surface area contributed by atoms with E-state index in [1.54, 1.807) is 6.07 Å². The molecule has 5 heteroatoms. The molecule has 0 bridgehead atoms. The highest BCUT2D eigenvalue weighted by atomic mass is 19.3. The number of methoxy groups -OCH3 is 1. The maximum absolute atomic E-state index is 13.0. The third-order valence-electron chi connectivity index (χ3n) is 6.47. The Hall–Kier alpha value is -3.70. The Balaban J connectivity index is 1.70. The van der Waals surface area contributed by atoms with Crippen LogP contribution in [-0.2, 0) is 18.6 Å². The summed E-state index contributed by atoms with van der Waals surface area (Å²) in [6.07, 6.45) is 0. The highest BCUT2D eigenvalue weighted by molar-refractivity contribution is 5.53. The average Bonchev–Trinajstić information content (AvgIpc) is 3.28. The molecule has 0 saturated carbocycles. The normalized spacial score (nSPS) is 13.6. The first-order chi connectivity index (χ1) is 16.6. The van der Waals surface area contributed by atoms with Crippen molar-refractivity contribution < 1.29 is 18.3 Å². The van der Waals surface area contributed by atoms with E-state index >= 15 is 0 Å². The van der Waals surface area contributed by atoms with Crippen molar-refractivity contribution in [3.63, 3.8) is 0 Å². The number of hydrogen-bond acceptors (Lipinski definition) is 3. The summed E-state index contributed by atoms with van der Waals surface area (Å²) in [5.41, 5.74) is 4.80. The Labute approximate surface area is 198 Å². The fourth-order valence-corrected chi connectivity index (χ4v) is 5.08. The van der Waals surface area contributed by atoms with Crippen molar-refractivity contribution in [2.45, 2.75) is 25.2 Å². The van der Waals surface area contributed by atoms with Gasteiger partial charge in [0.05, 0.1) is 12.6 Å². The first kappa shape index (κ1) is 22.1. The van der Waals surface area contributed by atoms with E-state index in [0.29, 0.717) is 18.8 Å². The summed E-state index contributed by atoms with van der Waals surface area (Å²) < 4.78 is 36.2. The summed E-state index contributed by atoms with van der Waals surface area (Å²) in [6, 6.07) is 34.8. The monoisotopic (exact) mass is 457 g/mol. The molecule has 172 valence electrons. The molecule has 0 N–H and O–H groups in total. The molecular weight excluding hydrogens is 432 g/mol. The predicted molar refractivity (Wildman–Crippen MR) is 128 cm³/mol. The van der Waals surface area contributed by atoms with Crippen LogP contribution in [0.3, 0.4) is 0 Å². The minimum absolute atomic E-state index is 0.0582. The van der Waals surface area contributed by atoms with Crippen molar-refractivity contribution in [2.24, 2.45) is 0 Å². The molecule has 1 heterocycles. The lowest BCUT2D eigenvalue weighted by Gasteiger charge is -2.43. The van der Waals surface area contributed by atoms with Crippen LogP contribution in [0.1, 0.15) is 27.8 Å². The van der Waals surface area contributed by atoms with Crippen molar-refractivity contribution in [1.29, 1.82) is 0 Å². The third kappa shape index (κ3) is 3.82. The molecule has 0 radical (unpaired) electrons. The lowest BCUT2D eigenvalue weighted by atomic mass is 9.75. The number of nitrogens with zero attached hydrogens (tertiary/aromatic N) is 1. The molecule has 0 atom stereocenters. The van der Waals surface area contributed by atoms with E-state index in [4.69, 9.17) is 9.47 Å². The van der Waals surface area contributed by atoms with Gasteiger partial charge in [-0.2, -0.15) is 8.78 Å². The van der Waals surface area contributed by atoms with E-state index in [9.17, 15) is 8.78 Å². The molecule has 1 aliphatic heterocycles. The number of hydrogen-bond donors (Lipinski definition) is 0. The quantitative estimate of drug-likeness (QED) is 0.292. The number of halogens is 2. The van der Waals surface area contributed by atoms with Crippen LogP contribution in [0, 0.1) is 0 Å². The molecule has 4 aromatic carbocycles. The SMILES string of the molecule is COc1cc2c(cc1OC(F)F)CN(C(c1ccccc1)(c1ccccc1)c1ccccc1)C2. The van der Waals surface area contributed by atoms with Gasteiger partial charge in [-0.05, 0) is 39.9 Å². The average molecular weight is 458 g/mol. The van der Waals surface area contributed by atoms with Gasteiger partial charge in [0.25, 0.3) is 0 Å². The van der Waals surface area contributed by atoms with Crippen molar-refractivity contribution in [3.8, 4) is 11.5 Å². The van der Waals surface area contributed by atoms with Gasteiger partial charge in [0, 0.05) is 13.1 Å². The maximum atomic E-state index is 13.0. The molecule has 0 fully saturated rings. The Bertz CT molecular complexity index is 1150. The summed E-state index contributed by atoms with van der Waals surface area (Å²) in [5.74, 6) is 0.369. The highest BCUT2D eigenvalue weighted by Gasteiger charge is 2.44. The first-order valence-electron chi connectivity index (χ1n) is 11.2. The van der Waals surface area contributed by atoms with Crippen LogP contribution < -0.4 is 9.47 Å². The molecule has 0 saturated heterocycles. The summed E-state index contributed by atoms with van der Waals surface area (Å²) in [5, 5.41) is 0. The zero-order valence-electron chi connectivity index (χ0n) is 18.8. The van der Waals surface area contributed by atoms with Gasteiger partial charge in [-0.3, -0.25) is 4.90 Å². The zero-order valence-corrected chi connectivity index (χ0v) is 18.8. The fraction of sp³-hybridized carbons (Fsp3) is 0.172. The second-order valence-corrected chi connectivity index (χ2v) is 8.31. The molecule has 0 aliphatic carbocycles. The maximum Gasteiger partial charge on any atom is 0.387 e. The van der Waals surface area contributed by atoms with Crippen LogP contribution in [0.25, 0.3) is 0 Å². The summed E-state index contributed by atoms with van der Waals surface area (Å²) in [7, 11) is 1.47. The fourth-order valence-electron chi connectivity index (χ4n) is 5.08. The van der Waals surface area contributed by atoms with Gasteiger partial charge in [-0.1, -0.05) is 91.0 Å². The molecule has 4 aromatic rings. The number of alkyl halides is 2. The Morgan fingerprint density at radius 2 is 1.09 bits per heavy atom. The van der Waals surface area contributed by atoms with Crippen LogP contribution >= 0.6 is 0 Å². The predicted octanol–water partition coefficient (Wildman–Crippen LogP) is 6.60. The van der Waals surface area contributed by atoms with Crippen molar-refractivity contribution in [2.75, 3.05) is 7.11 Å². The number of benzene rings is 4. The molecule has 0 amide bonds. The van der Waals surface area contributed by atoms with Crippen molar-refractivity contribution in [1.82, 2.24) is 4.90 Å². The second kappa shape index (κ2) is 9.27. The van der Waals surface area contributed by atoms with E-state index in [0.717, 1.165) is 27.8 Å². The van der Waals surface area contributed by atoms with Crippen LogP contribution in [0.4, 0.5) is 8.78 Å². The van der Waals surface area contributed by atoms with E-state index in [1.807, 2.05) is 24.3 Å².